The fourth-order valence-corrected chi connectivity index (χ4v) is 4.46. The Balaban J connectivity index is 2.35. The smallest absolute Gasteiger partial charge is 0.429 e. The molecule has 2 rings (SSSR count). The van der Waals surface area contributed by atoms with Gasteiger partial charge in [0.25, 0.3) is 5.92 Å². The summed E-state index contributed by atoms with van der Waals surface area (Å²) in [6, 6.07) is 0. The zero-order valence-electron chi connectivity index (χ0n) is 16.2. The Kier molecular flexibility index (Phi) is 5.06. The van der Waals surface area contributed by atoms with Gasteiger partial charge in [0.2, 0.25) is 5.60 Å². The van der Waals surface area contributed by atoms with Crippen LogP contribution in [0.4, 0.5) is 31.1 Å². The summed E-state index contributed by atoms with van der Waals surface area (Å²) in [7, 11) is 0. The van der Waals surface area contributed by atoms with Gasteiger partial charge in [-0.05, 0) is 46.0 Å². The third kappa shape index (κ3) is 3.50. The second kappa shape index (κ2) is 6.17. The average molecular weight is 404 g/mol. The molecule has 2 fully saturated rings. The molecule has 0 radical (unpaired) electrons. The van der Waals surface area contributed by atoms with Crippen molar-refractivity contribution in [3.8, 4) is 0 Å². The number of hydrogen-bond donors (Lipinski definition) is 0. The van der Waals surface area contributed by atoms with Crippen LogP contribution in [-0.4, -0.2) is 35.1 Å². The minimum absolute atomic E-state index is 0.188. The van der Waals surface area contributed by atoms with Crippen LogP contribution >= 0.6 is 0 Å². The summed E-state index contributed by atoms with van der Waals surface area (Å²) in [5, 5.41) is 0. The lowest BCUT2D eigenvalue weighted by molar-refractivity contribution is -0.290. The molecule has 3 nitrogen and oxygen atoms in total. The van der Waals surface area contributed by atoms with Crippen LogP contribution in [0.25, 0.3) is 0 Å². The van der Waals surface area contributed by atoms with Gasteiger partial charge < -0.3 is 9.47 Å². The van der Waals surface area contributed by atoms with Crippen molar-refractivity contribution in [3.63, 3.8) is 0 Å². The molecule has 0 aliphatic heterocycles. The number of fused-ring (bicyclic) bond motifs is 2. The highest BCUT2D eigenvalue weighted by atomic mass is 19.4. The normalized spacial score (nSPS) is 37.8. The Morgan fingerprint density at radius 1 is 0.963 bits per heavy atom. The molecule has 158 valence electrons. The minimum Gasteiger partial charge on any atom is -0.429 e. The van der Waals surface area contributed by atoms with Gasteiger partial charge in [0.05, 0.1) is 0 Å². The first-order chi connectivity index (χ1) is 11.9. The largest absolute Gasteiger partial charge is 0.509 e. The summed E-state index contributed by atoms with van der Waals surface area (Å²) >= 11 is 0. The van der Waals surface area contributed by atoms with Gasteiger partial charge in [-0.2, -0.15) is 13.2 Å². The van der Waals surface area contributed by atoms with Crippen molar-refractivity contribution in [2.45, 2.75) is 83.4 Å². The number of carbonyl (C=O) groups is 1. The fourth-order valence-electron chi connectivity index (χ4n) is 4.46. The molecular formula is C18H26F6O3. The quantitative estimate of drug-likeness (QED) is 0.433. The Hall–Kier alpha value is -1.15. The molecule has 0 aromatic carbocycles. The van der Waals surface area contributed by atoms with Crippen molar-refractivity contribution < 1.29 is 40.6 Å². The van der Waals surface area contributed by atoms with Crippen LogP contribution < -0.4 is 0 Å². The van der Waals surface area contributed by atoms with Crippen LogP contribution in [-0.2, 0) is 9.47 Å². The molecule has 0 N–H and O–H groups in total. The average Bonchev–Trinajstić information content (AvgIpc) is 2.80. The molecule has 2 aliphatic rings. The maximum atomic E-state index is 15.5. The summed E-state index contributed by atoms with van der Waals surface area (Å²) < 4.78 is 95.0. The molecule has 0 spiro atoms. The fraction of sp³-hybridized carbons (Fsp3) is 0.944. The lowest BCUT2D eigenvalue weighted by Gasteiger charge is -2.46. The zero-order chi connectivity index (χ0) is 21.2. The monoisotopic (exact) mass is 404 g/mol. The van der Waals surface area contributed by atoms with Crippen molar-refractivity contribution in [2.75, 3.05) is 0 Å². The minimum atomic E-state index is -5.25. The topological polar surface area (TPSA) is 35.5 Å². The van der Waals surface area contributed by atoms with Gasteiger partial charge in [-0.1, -0.05) is 13.8 Å². The first kappa shape index (κ1) is 22.1. The van der Waals surface area contributed by atoms with Crippen LogP contribution in [0.3, 0.4) is 0 Å². The predicted octanol–water partition coefficient (Wildman–Crippen LogP) is 5.91. The maximum absolute atomic E-state index is 15.5. The van der Waals surface area contributed by atoms with Gasteiger partial charge in [-0.3, -0.25) is 0 Å². The second-order valence-corrected chi connectivity index (χ2v) is 9.12. The van der Waals surface area contributed by atoms with Crippen molar-refractivity contribution >= 4 is 6.16 Å². The van der Waals surface area contributed by atoms with Crippen LogP contribution in [0, 0.1) is 23.7 Å². The molecule has 27 heavy (non-hydrogen) atoms. The highest BCUT2D eigenvalue weighted by Crippen LogP contribution is 2.68. The Morgan fingerprint density at radius 3 is 1.85 bits per heavy atom. The highest BCUT2D eigenvalue weighted by molar-refractivity contribution is 5.61. The second-order valence-electron chi connectivity index (χ2n) is 9.12. The molecule has 0 heterocycles. The van der Waals surface area contributed by atoms with Crippen molar-refractivity contribution in [1.29, 1.82) is 0 Å². The lowest BCUT2D eigenvalue weighted by atomic mass is 9.68. The van der Waals surface area contributed by atoms with E-state index in [9.17, 15) is 26.7 Å². The van der Waals surface area contributed by atoms with Gasteiger partial charge in [-0.15, -0.1) is 0 Å². The number of halogens is 6. The van der Waals surface area contributed by atoms with Crippen LogP contribution in [0.2, 0.25) is 0 Å². The van der Waals surface area contributed by atoms with Crippen molar-refractivity contribution in [1.82, 2.24) is 0 Å². The lowest BCUT2D eigenvalue weighted by Crippen LogP contribution is -2.60. The van der Waals surface area contributed by atoms with Gasteiger partial charge in [0.1, 0.15) is 5.60 Å². The van der Waals surface area contributed by atoms with Gasteiger partial charge >= 0.3 is 12.3 Å². The zero-order valence-corrected chi connectivity index (χ0v) is 16.2. The number of hydrogen-bond acceptors (Lipinski definition) is 3. The van der Waals surface area contributed by atoms with Crippen molar-refractivity contribution in [2.24, 2.45) is 23.7 Å². The molecule has 2 saturated carbocycles. The van der Waals surface area contributed by atoms with E-state index < -0.39 is 65.2 Å². The van der Waals surface area contributed by atoms with Crippen LogP contribution in [0.5, 0.6) is 0 Å². The molecule has 0 aromatic heterocycles. The first-order valence-corrected chi connectivity index (χ1v) is 8.91. The van der Waals surface area contributed by atoms with E-state index >= 15 is 4.39 Å². The van der Waals surface area contributed by atoms with E-state index in [4.69, 9.17) is 4.74 Å². The van der Waals surface area contributed by atoms with E-state index in [1.165, 1.54) is 20.8 Å². The summed E-state index contributed by atoms with van der Waals surface area (Å²) in [5.74, 6) is -7.51. The van der Waals surface area contributed by atoms with Crippen molar-refractivity contribution in [3.05, 3.63) is 0 Å². The standard InChI is InChI=1S/C18H26F6O3/c1-9-10(2)12-7-11(9)16(19,17(12,20)21)8-15(6,18(22,23)24)27-13(25)26-14(3,4)5/h9-12H,7-8H2,1-6H3. The van der Waals surface area contributed by atoms with Crippen LogP contribution in [0.1, 0.15) is 54.4 Å². The van der Waals surface area contributed by atoms with Gasteiger partial charge in [0.15, 0.2) is 5.67 Å². The number of carbonyl (C=O) groups excluding carboxylic acids is 1. The molecule has 6 unspecified atom stereocenters. The highest BCUT2D eigenvalue weighted by Gasteiger charge is 2.78. The molecule has 2 bridgehead atoms. The summed E-state index contributed by atoms with van der Waals surface area (Å²) in [5.41, 5.74) is -8.02. The molecule has 0 saturated heterocycles. The van der Waals surface area contributed by atoms with Crippen LogP contribution in [0.15, 0.2) is 0 Å². The van der Waals surface area contributed by atoms with E-state index in [0.717, 1.165) is 0 Å². The van der Waals surface area contributed by atoms with Gasteiger partial charge in [0, 0.05) is 18.3 Å². The molecule has 6 atom stereocenters. The Bertz CT molecular complexity index is 599. The number of rotatable bonds is 3. The molecule has 0 amide bonds. The first-order valence-electron chi connectivity index (χ1n) is 8.91. The van der Waals surface area contributed by atoms with E-state index in [1.54, 1.807) is 13.8 Å². The SMILES string of the molecule is CC1C(C)C2CC1C(F)(F)C2(F)CC(C)(OC(=O)OC(C)(C)C)C(F)(F)F. The molecule has 2 aliphatic carbocycles. The Morgan fingerprint density at radius 2 is 1.44 bits per heavy atom. The third-order valence-electron chi connectivity index (χ3n) is 6.11. The molecule has 0 aromatic rings. The Labute approximate surface area is 154 Å². The summed E-state index contributed by atoms with van der Waals surface area (Å²) in [6.07, 6.45) is -8.80. The molecular weight excluding hydrogens is 378 g/mol. The summed E-state index contributed by atoms with van der Waals surface area (Å²) in [6.45, 7) is 7.75. The number of alkyl halides is 6. The summed E-state index contributed by atoms with van der Waals surface area (Å²) in [4.78, 5) is 11.8. The number of ether oxygens (including phenoxy) is 2. The van der Waals surface area contributed by atoms with E-state index in [2.05, 4.69) is 4.74 Å². The van der Waals surface area contributed by atoms with E-state index in [-0.39, 0.29) is 6.42 Å². The van der Waals surface area contributed by atoms with E-state index in [1.807, 2.05) is 0 Å². The maximum Gasteiger partial charge on any atom is 0.509 e. The van der Waals surface area contributed by atoms with E-state index in [0.29, 0.717) is 6.92 Å². The van der Waals surface area contributed by atoms with Gasteiger partial charge in [-0.25, -0.2) is 18.0 Å². The third-order valence-corrected chi connectivity index (χ3v) is 6.11. The predicted molar refractivity (Wildman–Crippen MR) is 85.1 cm³/mol. The molecule has 9 heteroatoms.